The first-order chi connectivity index (χ1) is 11.3. The number of nitrogens with one attached hydrogen (secondary N) is 2. The molecule has 2 rings (SSSR count). The summed E-state index contributed by atoms with van der Waals surface area (Å²) in [5, 5.41) is 10.3. The monoisotopic (exact) mass is 332 g/mol. The molecule has 0 bridgehead atoms. The minimum atomic E-state index is -0.204. The van der Waals surface area contributed by atoms with Crippen LogP contribution in [-0.4, -0.2) is 25.4 Å². The van der Waals surface area contributed by atoms with Crippen LogP contribution in [-0.2, 0) is 20.1 Å². The standard InChI is InChI=1S/C17H28N6O/c1-11(2)10-23-8-7-18-15(23)9-19-17(24)20-12(3)16-13(4)21-22(6)14(16)5/h7-8,11-12H,9-10H2,1-6H3,(H2,19,20,24). The van der Waals surface area contributed by atoms with Crippen molar-refractivity contribution in [3.63, 3.8) is 0 Å². The maximum atomic E-state index is 12.2. The fourth-order valence-corrected chi connectivity index (χ4v) is 2.96. The van der Waals surface area contributed by atoms with Gasteiger partial charge in [-0.1, -0.05) is 13.8 Å². The Balaban J connectivity index is 1.93. The lowest BCUT2D eigenvalue weighted by atomic mass is 10.1. The molecule has 0 fully saturated rings. The third kappa shape index (κ3) is 4.15. The van der Waals surface area contributed by atoms with Gasteiger partial charge in [0.1, 0.15) is 5.82 Å². The maximum Gasteiger partial charge on any atom is 0.315 e. The van der Waals surface area contributed by atoms with Crippen molar-refractivity contribution in [1.29, 1.82) is 0 Å². The second-order valence-electron chi connectivity index (χ2n) is 6.65. The summed E-state index contributed by atoms with van der Waals surface area (Å²) >= 11 is 0. The van der Waals surface area contributed by atoms with Crippen LogP contribution in [0.1, 0.15) is 49.6 Å². The van der Waals surface area contributed by atoms with Crippen LogP contribution < -0.4 is 10.6 Å². The van der Waals surface area contributed by atoms with Crippen molar-refractivity contribution >= 4 is 6.03 Å². The zero-order valence-corrected chi connectivity index (χ0v) is 15.4. The minimum Gasteiger partial charge on any atom is -0.333 e. The van der Waals surface area contributed by atoms with E-state index in [1.807, 2.05) is 38.7 Å². The smallest absolute Gasteiger partial charge is 0.315 e. The summed E-state index contributed by atoms with van der Waals surface area (Å²) in [7, 11) is 1.91. The molecule has 7 heteroatoms. The molecule has 0 aliphatic heterocycles. The molecule has 1 unspecified atom stereocenters. The third-order valence-electron chi connectivity index (χ3n) is 4.12. The largest absolute Gasteiger partial charge is 0.333 e. The maximum absolute atomic E-state index is 12.2. The lowest BCUT2D eigenvalue weighted by Crippen LogP contribution is -2.37. The Morgan fingerprint density at radius 3 is 2.58 bits per heavy atom. The third-order valence-corrected chi connectivity index (χ3v) is 4.12. The molecule has 1 atom stereocenters. The Kier molecular flexibility index (Phi) is 5.64. The molecule has 2 heterocycles. The highest BCUT2D eigenvalue weighted by Gasteiger charge is 2.18. The van der Waals surface area contributed by atoms with Gasteiger partial charge in [-0.05, 0) is 26.7 Å². The van der Waals surface area contributed by atoms with Gasteiger partial charge in [-0.25, -0.2) is 9.78 Å². The summed E-state index contributed by atoms with van der Waals surface area (Å²) in [6, 6.07) is -0.307. The molecule has 0 aromatic carbocycles. The van der Waals surface area contributed by atoms with Crippen LogP contribution >= 0.6 is 0 Å². The van der Waals surface area contributed by atoms with E-state index in [1.54, 1.807) is 6.20 Å². The number of rotatable bonds is 6. The minimum absolute atomic E-state index is 0.103. The Labute approximate surface area is 143 Å². The molecule has 0 saturated carbocycles. The van der Waals surface area contributed by atoms with Crippen LogP contribution in [0.15, 0.2) is 12.4 Å². The number of hydrogen-bond donors (Lipinski definition) is 2. The molecule has 0 aliphatic rings. The molecule has 2 N–H and O–H groups in total. The Hall–Kier alpha value is -2.31. The molecular weight excluding hydrogens is 304 g/mol. The molecule has 0 radical (unpaired) electrons. The number of amides is 2. The predicted octanol–water partition coefficient (Wildman–Crippen LogP) is 2.45. The van der Waals surface area contributed by atoms with Crippen molar-refractivity contribution in [2.75, 3.05) is 0 Å². The fraction of sp³-hybridized carbons (Fsp3) is 0.588. The quantitative estimate of drug-likeness (QED) is 0.853. The molecule has 2 amide bonds. The summed E-state index contributed by atoms with van der Waals surface area (Å²) in [6.07, 6.45) is 3.71. The lowest BCUT2D eigenvalue weighted by Gasteiger charge is -2.16. The highest BCUT2D eigenvalue weighted by atomic mass is 16.2. The van der Waals surface area contributed by atoms with E-state index in [1.165, 1.54) is 0 Å². The molecule has 7 nitrogen and oxygen atoms in total. The molecule has 2 aromatic rings. The van der Waals surface area contributed by atoms with Gasteiger partial charge in [0.2, 0.25) is 0 Å². The number of carbonyl (C=O) groups excluding carboxylic acids is 1. The molecule has 0 spiro atoms. The summed E-state index contributed by atoms with van der Waals surface area (Å²) < 4.78 is 3.91. The second kappa shape index (κ2) is 7.51. The highest BCUT2D eigenvalue weighted by Crippen LogP contribution is 2.20. The van der Waals surface area contributed by atoms with Gasteiger partial charge in [-0.3, -0.25) is 4.68 Å². The molecule has 132 valence electrons. The van der Waals surface area contributed by atoms with E-state index < -0.39 is 0 Å². The molecule has 2 aromatic heterocycles. The van der Waals surface area contributed by atoms with Crippen LogP contribution in [0.2, 0.25) is 0 Å². The SMILES string of the molecule is Cc1nn(C)c(C)c1C(C)NC(=O)NCc1nccn1CC(C)C. The van der Waals surface area contributed by atoms with Gasteiger partial charge in [0, 0.05) is 37.2 Å². The average Bonchev–Trinajstić information content (AvgIpc) is 3.01. The summed E-state index contributed by atoms with van der Waals surface area (Å²) in [4.78, 5) is 16.5. The van der Waals surface area contributed by atoms with E-state index in [9.17, 15) is 4.79 Å². The Morgan fingerprint density at radius 1 is 1.29 bits per heavy atom. The van der Waals surface area contributed by atoms with Gasteiger partial charge in [-0.2, -0.15) is 5.10 Å². The average molecular weight is 332 g/mol. The van der Waals surface area contributed by atoms with E-state index in [4.69, 9.17) is 0 Å². The van der Waals surface area contributed by atoms with Crippen molar-refractivity contribution in [1.82, 2.24) is 30.0 Å². The van der Waals surface area contributed by atoms with E-state index in [2.05, 4.69) is 39.1 Å². The van der Waals surface area contributed by atoms with Crippen molar-refractivity contribution in [2.24, 2.45) is 13.0 Å². The normalized spacial score (nSPS) is 12.5. The van der Waals surface area contributed by atoms with E-state index in [0.29, 0.717) is 12.5 Å². The number of carbonyl (C=O) groups is 1. The lowest BCUT2D eigenvalue weighted by molar-refractivity contribution is 0.237. The van der Waals surface area contributed by atoms with E-state index in [-0.39, 0.29) is 12.1 Å². The zero-order valence-electron chi connectivity index (χ0n) is 15.4. The van der Waals surface area contributed by atoms with Crippen LogP contribution in [0.25, 0.3) is 0 Å². The summed E-state index contributed by atoms with van der Waals surface area (Å²) in [5.74, 6) is 1.39. The first-order valence-electron chi connectivity index (χ1n) is 8.34. The number of aromatic nitrogens is 4. The van der Waals surface area contributed by atoms with Crippen molar-refractivity contribution < 1.29 is 4.79 Å². The van der Waals surface area contributed by atoms with Gasteiger partial charge in [-0.15, -0.1) is 0 Å². The Bertz CT molecular complexity index is 700. The van der Waals surface area contributed by atoms with Crippen molar-refractivity contribution in [3.05, 3.63) is 35.2 Å². The zero-order chi connectivity index (χ0) is 17.9. The van der Waals surface area contributed by atoms with Crippen LogP contribution in [0, 0.1) is 19.8 Å². The fourth-order valence-electron chi connectivity index (χ4n) is 2.96. The highest BCUT2D eigenvalue weighted by molar-refractivity contribution is 5.74. The number of hydrogen-bond acceptors (Lipinski definition) is 3. The topological polar surface area (TPSA) is 76.8 Å². The van der Waals surface area contributed by atoms with E-state index in [0.717, 1.165) is 29.3 Å². The number of aryl methyl sites for hydroxylation is 2. The van der Waals surface area contributed by atoms with Gasteiger partial charge >= 0.3 is 6.03 Å². The van der Waals surface area contributed by atoms with Crippen LogP contribution in [0.4, 0.5) is 4.79 Å². The van der Waals surface area contributed by atoms with Gasteiger partial charge in [0.05, 0.1) is 18.3 Å². The molecule has 0 saturated heterocycles. The van der Waals surface area contributed by atoms with Crippen molar-refractivity contribution in [3.8, 4) is 0 Å². The molecule has 24 heavy (non-hydrogen) atoms. The first-order valence-corrected chi connectivity index (χ1v) is 8.34. The summed E-state index contributed by atoms with van der Waals surface area (Å²) in [6.45, 7) is 11.5. The molecular formula is C17H28N6O. The van der Waals surface area contributed by atoms with Gasteiger partial charge < -0.3 is 15.2 Å². The predicted molar refractivity (Wildman–Crippen MR) is 93.5 cm³/mol. The first kappa shape index (κ1) is 18.0. The van der Waals surface area contributed by atoms with Gasteiger partial charge in [0.15, 0.2) is 0 Å². The number of urea groups is 1. The van der Waals surface area contributed by atoms with Crippen LogP contribution in [0.3, 0.4) is 0 Å². The molecule has 0 aliphatic carbocycles. The van der Waals surface area contributed by atoms with Crippen molar-refractivity contribution in [2.45, 2.75) is 53.8 Å². The van der Waals surface area contributed by atoms with E-state index >= 15 is 0 Å². The number of nitrogens with zero attached hydrogens (tertiary/aromatic N) is 4. The number of imidazole rings is 1. The van der Waals surface area contributed by atoms with Gasteiger partial charge in [0.25, 0.3) is 0 Å². The Morgan fingerprint density at radius 2 is 2.00 bits per heavy atom. The second-order valence-corrected chi connectivity index (χ2v) is 6.65. The summed E-state index contributed by atoms with van der Waals surface area (Å²) in [5.41, 5.74) is 3.07. The van der Waals surface area contributed by atoms with Crippen LogP contribution in [0.5, 0.6) is 0 Å².